The number of aromatic nitrogens is 3. The van der Waals surface area contributed by atoms with Gasteiger partial charge in [0.05, 0.1) is 26.2 Å². The Hall–Kier alpha value is -2.74. The fraction of sp³-hybridized carbons (Fsp3) is 0.435. The summed E-state index contributed by atoms with van der Waals surface area (Å²) in [6.07, 6.45) is 5.19. The summed E-state index contributed by atoms with van der Waals surface area (Å²) in [5.74, 6) is 1.91. The molecule has 1 saturated heterocycles. The molecule has 164 valence electrons. The van der Waals surface area contributed by atoms with Gasteiger partial charge in [-0.15, -0.1) is 0 Å². The summed E-state index contributed by atoms with van der Waals surface area (Å²) in [5, 5.41) is 5.49. The molecule has 1 aliphatic heterocycles. The number of piperidine rings is 1. The Balaban J connectivity index is 1.62. The maximum Gasteiger partial charge on any atom is 0.233 e. The molecule has 1 unspecified atom stereocenters. The molecule has 8 heteroatoms. The van der Waals surface area contributed by atoms with Gasteiger partial charge in [-0.05, 0) is 56.9 Å². The summed E-state index contributed by atoms with van der Waals surface area (Å²) in [7, 11) is 3.24. The summed E-state index contributed by atoms with van der Waals surface area (Å²) >= 11 is 1.51. The van der Waals surface area contributed by atoms with Crippen molar-refractivity contribution in [1.29, 1.82) is 0 Å². The van der Waals surface area contributed by atoms with Crippen LogP contribution >= 0.6 is 11.8 Å². The molecule has 31 heavy (non-hydrogen) atoms. The Bertz CT molecular complexity index is 1100. The first-order valence-electron chi connectivity index (χ1n) is 10.5. The molecular formula is C23H28N4O3S. The number of rotatable bonds is 6. The van der Waals surface area contributed by atoms with Gasteiger partial charge in [-0.25, -0.2) is 9.50 Å². The van der Waals surface area contributed by atoms with Crippen LogP contribution in [0.25, 0.3) is 16.8 Å². The van der Waals surface area contributed by atoms with E-state index < -0.39 is 0 Å². The third-order valence-corrected chi connectivity index (χ3v) is 6.71. The first-order chi connectivity index (χ1) is 15.0. The van der Waals surface area contributed by atoms with Crippen LogP contribution in [0, 0.1) is 6.92 Å². The maximum atomic E-state index is 12.8. The molecule has 0 saturated carbocycles. The van der Waals surface area contributed by atoms with Crippen molar-refractivity contribution in [3.8, 4) is 22.6 Å². The van der Waals surface area contributed by atoms with E-state index in [1.54, 1.807) is 14.2 Å². The van der Waals surface area contributed by atoms with Crippen molar-refractivity contribution >= 4 is 23.3 Å². The van der Waals surface area contributed by atoms with Gasteiger partial charge in [-0.3, -0.25) is 4.79 Å². The highest BCUT2D eigenvalue weighted by Crippen LogP contribution is 2.34. The number of nitrogens with zero attached hydrogens (tertiary/aromatic N) is 4. The molecule has 1 aromatic carbocycles. The number of hydrogen-bond acceptors (Lipinski definition) is 6. The van der Waals surface area contributed by atoms with Crippen LogP contribution in [0.15, 0.2) is 35.5 Å². The Morgan fingerprint density at radius 3 is 2.74 bits per heavy atom. The Kier molecular flexibility index (Phi) is 6.36. The fourth-order valence-electron chi connectivity index (χ4n) is 4.05. The first kappa shape index (κ1) is 21.5. The Morgan fingerprint density at radius 2 is 2.00 bits per heavy atom. The van der Waals surface area contributed by atoms with E-state index in [4.69, 9.17) is 14.5 Å². The second-order valence-electron chi connectivity index (χ2n) is 7.82. The van der Waals surface area contributed by atoms with Gasteiger partial charge >= 0.3 is 0 Å². The Morgan fingerprint density at radius 1 is 1.19 bits per heavy atom. The van der Waals surface area contributed by atoms with E-state index in [-0.39, 0.29) is 5.91 Å². The summed E-state index contributed by atoms with van der Waals surface area (Å²) < 4.78 is 12.6. The predicted octanol–water partition coefficient (Wildman–Crippen LogP) is 4.22. The molecule has 0 radical (unpaired) electrons. The van der Waals surface area contributed by atoms with Crippen LogP contribution in [0.5, 0.6) is 11.5 Å². The van der Waals surface area contributed by atoms with Gasteiger partial charge in [0.2, 0.25) is 5.91 Å². The highest BCUT2D eigenvalue weighted by atomic mass is 32.2. The maximum absolute atomic E-state index is 12.8. The number of amides is 1. The highest BCUT2D eigenvalue weighted by molar-refractivity contribution is 7.99. The number of fused-ring (bicyclic) bond motifs is 1. The van der Waals surface area contributed by atoms with Crippen LogP contribution in [-0.4, -0.2) is 58.0 Å². The molecule has 1 fully saturated rings. The minimum Gasteiger partial charge on any atom is -0.493 e. The summed E-state index contributed by atoms with van der Waals surface area (Å²) in [5.41, 5.74) is 3.49. The second-order valence-corrected chi connectivity index (χ2v) is 8.82. The molecule has 0 spiro atoms. The van der Waals surface area contributed by atoms with E-state index in [9.17, 15) is 4.79 Å². The molecule has 3 aromatic rings. The van der Waals surface area contributed by atoms with Crippen LogP contribution < -0.4 is 9.47 Å². The molecular weight excluding hydrogens is 412 g/mol. The third-order valence-electron chi connectivity index (χ3n) is 5.73. The molecule has 7 nitrogen and oxygen atoms in total. The van der Waals surface area contributed by atoms with Gasteiger partial charge in [-0.2, -0.15) is 5.10 Å². The standard InChI is InChI=1S/C23H28N4O3S/c1-15-11-22(31-14-21(28)26-10-6-5-7-16(26)2)27-23(25-15)18(13-24-27)17-8-9-19(29-3)20(12-17)30-4/h8-9,11-13,16H,5-7,10,14H2,1-4H3. The Labute approximate surface area is 186 Å². The van der Waals surface area contributed by atoms with Gasteiger partial charge in [0, 0.05) is 23.8 Å². The van der Waals surface area contributed by atoms with E-state index >= 15 is 0 Å². The molecule has 0 bridgehead atoms. The molecule has 2 aromatic heterocycles. The molecule has 3 heterocycles. The highest BCUT2D eigenvalue weighted by Gasteiger charge is 2.23. The van der Waals surface area contributed by atoms with E-state index in [1.807, 2.05) is 46.8 Å². The van der Waals surface area contributed by atoms with E-state index in [1.165, 1.54) is 18.2 Å². The van der Waals surface area contributed by atoms with Gasteiger partial charge < -0.3 is 14.4 Å². The van der Waals surface area contributed by atoms with Crippen LogP contribution in [0.3, 0.4) is 0 Å². The normalized spacial score (nSPS) is 16.5. The molecule has 4 rings (SSSR count). The number of aryl methyl sites for hydroxylation is 1. The van der Waals surface area contributed by atoms with Crippen LogP contribution in [-0.2, 0) is 4.79 Å². The molecule has 1 atom stereocenters. The number of carbonyl (C=O) groups is 1. The molecule has 0 aliphatic carbocycles. The van der Waals surface area contributed by atoms with Crippen molar-refractivity contribution < 1.29 is 14.3 Å². The number of methoxy groups -OCH3 is 2. The quantitative estimate of drug-likeness (QED) is 0.422. The van der Waals surface area contributed by atoms with Gasteiger partial charge in [0.15, 0.2) is 17.1 Å². The minimum absolute atomic E-state index is 0.187. The predicted molar refractivity (Wildman–Crippen MR) is 122 cm³/mol. The van der Waals surface area contributed by atoms with Crippen molar-refractivity contribution in [3.63, 3.8) is 0 Å². The monoisotopic (exact) mass is 440 g/mol. The average Bonchev–Trinajstić information content (AvgIpc) is 3.20. The lowest BCUT2D eigenvalue weighted by atomic mass is 10.0. The van der Waals surface area contributed by atoms with Crippen LogP contribution in [0.1, 0.15) is 31.9 Å². The summed E-state index contributed by atoms with van der Waals surface area (Å²) in [6.45, 7) is 4.96. The number of thioether (sulfide) groups is 1. The van der Waals surface area contributed by atoms with Crippen molar-refractivity contribution in [3.05, 3.63) is 36.2 Å². The van der Waals surface area contributed by atoms with Gasteiger partial charge in [0.25, 0.3) is 0 Å². The first-order valence-corrected chi connectivity index (χ1v) is 11.5. The zero-order valence-corrected chi connectivity index (χ0v) is 19.2. The lowest BCUT2D eigenvalue weighted by molar-refractivity contribution is -0.131. The number of likely N-dealkylation sites (tertiary alicyclic amines) is 1. The van der Waals surface area contributed by atoms with Crippen molar-refractivity contribution in [2.24, 2.45) is 0 Å². The van der Waals surface area contributed by atoms with Gasteiger partial charge in [-0.1, -0.05) is 17.8 Å². The summed E-state index contributed by atoms with van der Waals surface area (Å²) in [4.78, 5) is 19.5. The number of benzene rings is 1. The van der Waals surface area contributed by atoms with Crippen LogP contribution in [0.2, 0.25) is 0 Å². The van der Waals surface area contributed by atoms with Crippen molar-refractivity contribution in [1.82, 2.24) is 19.5 Å². The number of carbonyl (C=O) groups excluding carboxylic acids is 1. The summed E-state index contributed by atoms with van der Waals surface area (Å²) in [6, 6.07) is 8.07. The van der Waals surface area contributed by atoms with E-state index in [0.717, 1.165) is 46.9 Å². The smallest absolute Gasteiger partial charge is 0.233 e. The second kappa shape index (κ2) is 9.18. The number of hydrogen-bond donors (Lipinski definition) is 0. The zero-order valence-electron chi connectivity index (χ0n) is 18.4. The number of ether oxygens (including phenoxy) is 2. The van der Waals surface area contributed by atoms with Crippen molar-refractivity contribution in [2.45, 2.75) is 44.2 Å². The largest absolute Gasteiger partial charge is 0.493 e. The zero-order chi connectivity index (χ0) is 22.0. The third kappa shape index (κ3) is 4.35. The molecule has 1 amide bonds. The lowest BCUT2D eigenvalue weighted by Crippen LogP contribution is -2.42. The van der Waals surface area contributed by atoms with E-state index in [2.05, 4.69) is 12.0 Å². The lowest BCUT2D eigenvalue weighted by Gasteiger charge is -2.33. The van der Waals surface area contributed by atoms with Crippen molar-refractivity contribution in [2.75, 3.05) is 26.5 Å². The molecule has 1 aliphatic rings. The topological polar surface area (TPSA) is 69.0 Å². The SMILES string of the molecule is COc1ccc(-c2cnn3c(SCC(=O)N4CCCCC4C)cc(C)nc23)cc1OC. The minimum atomic E-state index is 0.187. The average molecular weight is 441 g/mol. The van der Waals surface area contributed by atoms with E-state index in [0.29, 0.717) is 23.3 Å². The van der Waals surface area contributed by atoms with Gasteiger partial charge in [0.1, 0.15) is 5.03 Å². The fourth-order valence-corrected chi connectivity index (χ4v) is 4.99. The molecule has 0 N–H and O–H groups in total. The van der Waals surface area contributed by atoms with Crippen LogP contribution in [0.4, 0.5) is 0 Å².